The van der Waals surface area contributed by atoms with E-state index in [1.807, 2.05) is 67.6 Å². The highest BCUT2D eigenvalue weighted by Crippen LogP contribution is 2.20. The van der Waals surface area contributed by atoms with Crippen molar-refractivity contribution in [1.29, 1.82) is 0 Å². The smallest absolute Gasteiger partial charge is 0.153 e. The van der Waals surface area contributed by atoms with Crippen LogP contribution in [0.3, 0.4) is 0 Å². The average molecular weight is 410 g/mol. The van der Waals surface area contributed by atoms with E-state index < -0.39 is 0 Å². The first-order valence-electron chi connectivity index (χ1n) is 9.90. The molecule has 7 heteroatoms. The highest BCUT2D eigenvalue weighted by molar-refractivity contribution is 5.97. The topological polar surface area (TPSA) is 67.5 Å². The number of nitrogens with one attached hydrogen (secondary N) is 1. The zero-order chi connectivity index (χ0) is 21.2. The van der Waals surface area contributed by atoms with Crippen LogP contribution >= 0.6 is 0 Å². The molecule has 0 spiro atoms. The van der Waals surface area contributed by atoms with Gasteiger partial charge in [-0.3, -0.25) is 10.4 Å². The summed E-state index contributed by atoms with van der Waals surface area (Å²) in [4.78, 5) is 8.62. The number of hydrogen-bond donors (Lipinski definition) is 1. The first-order chi connectivity index (χ1) is 15.2. The predicted octanol–water partition coefficient (Wildman–Crippen LogP) is 4.84. The minimum absolute atomic E-state index is 0.290. The van der Waals surface area contributed by atoms with Crippen LogP contribution < -0.4 is 5.43 Å². The lowest BCUT2D eigenvalue weighted by Gasteiger charge is -2.07. The number of benzene rings is 2. The Balaban J connectivity index is 1.46. The van der Waals surface area contributed by atoms with E-state index in [0.29, 0.717) is 28.8 Å². The third-order valence-electron chi connectivity index (χ3n) is 5.07. The van der Waals surface area contributed by atoms with E-state index in [2.05, 4.69) is 25.6 Å². The molecular formula is C24H19FN6. The Morgan fingerprint density at radius 1 is 1.03 bits per heavy atom. The zero-order valence-electron chi connectivity index (χ0n) is 16.8. The largest absolute Gasteiger partial charge is 0.278 e. The van der Waals surface area contributed by atoms with E-state index in [-0.39, 0.29) is 5.82 Å². The molecule has 3 aromatic heterocycles. The highest BCUT2D eigenvalue weighted by Gasteiger charge is 2.12. The van der Waals surface area contributed by atoms with E-state index in [9.17, 15) is 4.39 Å². The monoisotopic (exact) mass is 410 g/mol. The third kappa shape index (κ3) is 3.85. The molecule has 0 radical (unpaired) electrons. The molecule has 0 bridgehead atoms. The van der Waals surface area contributed by atoms with Gasteiger partial charge < -0.3 is 0 Å². The van der Waals surface area contributed by atoms with Gasteiger partial charge in [-0.05, 0) is 48.9 Å². The van der Waals surface area contributed by atoms with Gasteiger partial charge in [0, 0.05) is 24.1 Å². The molecule has 6 nitrogen and oxygen atoms in total. The number of imidazole rings is 1. The van der Waals surface area contributed by atoms with Crippen LogP contribution in [-0.4, -0.2) is 25.3 Å². The molecule has 0 saturated carbocycles. The molecule has 0 aliphatic rings. The Morgan fingerprint density at radius 2 is 1.90 bits per heavy atom. The van der Waals surface area contributed by atoms with Gasteiger partial charge in [0.1, 0.15) is 11.5 Å². The van der Waals surface area contributed by atoms with Crippen molar-refractivity contribution >= 4 is 27.9 Å². The van der Waals surface area contributed by atoms with Gasteiger partial charge in [0.25, 0.3) is 0 Å². The zero-order valence-corrected chi connectivity index (χ0v) is 16.8. The third-order valence-corrected chi connectivity index (χ3v) is 5.07. The second-order valence-corrected chi connectivity index (χ2v) is 7.23. The summed E-state index contributed by atoms with van der Waals surface area (Å²) < 4.78 is 16.4. The second-order valence-electron chi connectivity index (χ2n) is 7.23. The molecule has 31 heavy (non-hydrogen) atoms. The van der Waals surface area contributed by atoms with Crippen molar-refractivity contribution in [3.8, 4) is 0 Å². The molecule has 3 heterocycles. The maximum absolute atomic E-state index is 14.7. The quantitative estimate of drug-likeness (QED) is 0.332. The second kappa shape index (κ2) is 7.95. The molecule has 0 atom stereocenters. The van der Waals surface area contributed by atoms with Crippen LogP contribution in [0.4, 0.5) is 10.1 Å². The van der Waals surface area contributed by atoms with Crippen LogP contribution in [-0.2, 0) is 6.42 Å². The Hall–Kier alpha value is -4.13. The summed E-state index contributed by atoms with van der Waals surface area (Å²) in [6.45, 7) is 1.89. The van der Waals surface area contributed by atoms with Gasteiger partial charge in [0.05, 0.1) is 28.8 Å². The molecule has 0 aliphatic heterocycles. The molecule has 0 fully saturated rings. The van der Waals surface area contributed by atoms with Crippen LogP contribution in [0.5, 0.6) is 0 Å². The maximum atomic E-state index is 14.7. The van der Waals surface area contributed by atoms with Crippen molar-refractivity contribution in [3.63, 3.8) is 0 Å². The fourth-order valence-corrected chi connectivity index (χ4v) is 3.43. The molecule has 0 amide bonds. The minimum atomic E-state index is -0.290. The van der Waals surface area contributed by atoms with Crippen molar-refractivity contribution in [1.82, 2.24) is 19.6 Å². The van der Waals surface area contributed by atoms with Crippen LogP contribution in [0.2, 0.25) is 0 Å². The van der Waals surface area contributed by atoms with Crippen molar-refractivity contribution in [2.24, 2.45) is 5.10 Å². The summed E-state index contributed by atoms with van der Waals surface area (Å²) in [7, 11) is 0. The first-order valence-corrected chi connectivity index (χ1v) is 9.90. The SMILES string of the molecule is CC(=NNc1ccccc1)c1ccc2ncc(Cc3cc4cccnc4cc3F)n2n1. The number of hydrazone groups is 1. The van der Waals surface area contributed by atoms with Gasteiger partial charge in [-0.15, -0.1) is 0 Å². The number of fused-ring (bicyclic) bond motifs is 2. The van der Waals surface area contributed by atoms with Crippen molar-refractivity contribution in [2.45, 2.75) is 13.3 Å². The van der Waals surface area contributed by atoms with Crippen LogP contribution in [0.25, 0.3) is 16.6 Å². The molecule has 2 aromatic carbocycles. The van der Waals surface area contributed by atoms with E-state index in [1.54, 1.807) is 16.9 Å². The normalized spacial score (nSPS) is 11.9. The number of hydrogen-bond acceptors (Lipinski definition) is 5. The first kappa shape index (κ1) is 18.9. The lowest BCUT2D eigenvalue weighted by atomic mass is 10.1. The summed E-state index contributed by atoms with van der Waals surface area (Å²) in [5.41, 5.74) is 8.07. The maximum Gasteiger partial charge on any atom is 0.153 e. The molecule has 5 aromatic rings. The number of para-hydroxylation sites is 1. The van der Waals surface area contributed by atoms with Crippen LogP contribution in [0.1, 0.15) is 23.9 Å². The Labute approximate surface area is 178 Å². The van der Waals surface area contributed by atoms with Crippen molar-refractivity contribution < 1.29 is 4.39 Å². The Kier molecular flexibility index (Phi) is 4.84. The van der Waals surface area contributed by atoms with E-state index in [4.69, 9.17) is 0 Å². The molecule has 152 valence electrons. The Morgan fingerprint density at radius 3 is 2.77 bits per heavy atom. The number of halogens is 1. The summed E-state index contributed by atoms with van der Waals surface area (Å²) in [5.74, 6) is -0.290. The van der Waals surface area contributed by atoms with Crippen LogP contribution in [0.15, 0.2) is 84.2 Å². The standard InChI is InChI=1S/C24H19FN6/c1-16(28-29-19-7-3-2-4-8-19)22-9-10-24-27-15-20(31(24)30-22)13-18-12-17-6-5-11-26-23(17)14-21(18)25/h2-12,14-15,29H,13H2,1H3. The lowest BCUT2D eigenvalue weighted by Crippen LogP contribution is -2.08. The number of rotatable bonds is 5. The predicted molar refractivity (Wildman–Crippen MR) is 120 cm³/mol. The molecule has 0 aliphatic carbocycles. The number of anilines is 1. The fraction of sp³-hybridized carbons (Fsp3) is 0.0833. The van der Waals surface area contributed by atoms with E-state index in [1.165, 1.54) is 6.07 Å². The molecular weight excluding hydrogens is 391 g/mol. The van der Waals surface area contributed by atoms with E-state index in [0.717, 1.165) is 22.5 Å². The fourth-order valence-electron chi connectivity index (χ4n) is 3.43. The molecule has 0 unspecified atom stereocenters. The molecule has 1 N–H and O–H groups in total. The lowest BCUT2D eigenvalue weighted by molar-refractivity contribution is 0.614. The highest BCUT2D eigenvalue weighted by atomic mass is 19.1. The van der Waals surface area contributed by atoms with Gasteiger partial charge in [-0.2, -0.15) is 10.2 Å². The van der Waals surface area contributed by atoms with Crippen LogP contribution in [0, 0.1) is 5.82 Å². The van der Waals surface area contributed by atoms with E-state index >= 15 is 0 Å². The van der Waals surface area contributed by atoms with Crippen molar-refractivity contribution in [2.75, 3.05) is 5.43 Å². The summed E-state index contributed by atoms with van der Waals surface area (Å²) >= 11 is 0. The molecule has 0 saturated heterocycles. The number of nitrogens with zero attached hydrogens (tertiary/aromatic N) is 5. The minimum Gasteiger partial charge on any atom is -0.278 e. The van der Waals surface area contributed by atoms with Crippen molar-refractivity contribution in [3.05, 3.63) is 102 Å². The Bertz CT molecular complexity index is 1410. The van der Waals surface area contributed by atoms with Gasteiger partial charge >= 0.3 is 0 Å². The van der Waals surface area contributed by atoms with Gasteiger partial charge in [-0.25, -0.2) is 13.9 Å². The summed E-state index contributed by atoms with van der Waals surface area (Å²) in [6.07, 6.45) is 3.76. The van der Waals surface area contributed by atoms with Gasteiger partial charge in [0.15, 0.2) is 5.65 Å². The average Bonchev–Trinajstić information content (AvgIpc) is 3.20. The number of aromatic nitrogens is 4. The summed E-state index contributed by atoms with van der Waals surface area (Å²) in [6, 6.07) is 20.5. The van der Waals surface area contributed by atoms with Gasteiger partial charge in [0.2, 0.25) is 0 Å². The van der Waals surface area contributed by atoms with Gasteiger partial charge in [-0.1, -0.05) is 24.3 Å². The summed E-state index contributed by atoms with van der Waals surface area (Å²) in [5, 5.41) is 10.0. The number of pyridine rings is 1. The molecule has 5 rings (SSSR count).